The summed E-state index contributed by atoms with van der Waals surface area (Å²) in [7, 11) is 0. The first kappa shape index (κ1) is 19.8. The van der Waals surface area contributed by atoms with Gasteiger partial charge in [-0.25, -0.2) is 9.18 Å². The SMILES string of the molecule is O=C(OC1CCC1)N1CCCC2CC(N3CCC4(CC3)COc3ccc(F)cc34)CC21. The molecule has 3 aliphatic heterocycles. The first-order valence-electron chi connectivity index (χ1n) is 12.3. The van der Waals surface area contributed by atoms with Gasteiger partial charge in [0.1, 0.15) is 17.7 Å². The van der Waals surface area contributed by atoms with Crippen LogP contribution in [0.4, 0.5) is 9.18 Å². The molecule has 1 spiro atoms. The molecule has 6 rings (SSSR count). The van der Waals surface area contributed by atoms with Crippen LogP contribution in [0.2, 0.25) is 0 Å². The third-order valence-corrected chi connectivity index (χ3v) is 8.85. The first-order valence-corrected chi connectivity index (χ1v) is 12.3. The monoisotopic (exact) mass is 428 g/mol. The molecule has 0 radical (unpaired) electrons. The summed E-state index contributed by atoms with van der Waals surface area (Å²) in [6.07, 6.45) is 9.94. The van der Waals surface area contributed by atoms with Crippen molar-refractivity contribution in [3.8, 4) is 5.75 Å². The molecule has 2 saturated heterocycles. The van der Waals surface area contributed by atoms with Crippen LogP contribution in [0, 0.1) is 11.7 Å². The zero-order valence-corrected chi connectivity index (χ0v) is 18.2. The van der Waals surface area contributed by atoms with Gasteiger partial charge in [0, 0.05) is 29.6 Å². The molecule has 6 heteroatoms. The average Bonchev–Trinajstić information content (AvgIpc) is 3.33. The van der Waals surface area contributed by atoms with Crippen molar-refractivity contribution in [3.05, 3.63) is 29.6 Å². The Hall–Kier alpha value is -1.82. The molecule has 0 bridgehead atoms. The fourth-order valence-electron chi connectivity index (χ4n) is 6.75. The molecule has 0 N–H and O–H groups in total. The Kier molecular flexibility index (Phi) is 4.89. The lowest BCUT2D eigenvalue weighted by molar-refractivity contribution is 0.00654. The Morgan fingerprint density at radius 2 is 1.94 bits per heavy atom. The molecule has 3 atom stereocenters. The van der Waals surface area contributed by atoms with Gasteiger partial charge in [-0.05, 0) is 95.0 Å². The second-order valence-corrected chi connectivity index (χ2v) is 10.5. The number of halogens is 1. The Balaban J connectivity index is 1.10. The topological polar surface area (TPSA) is 42.0 Å². The third kappa shape index (κ3) is 3.42. The van der Waals surface area contributed by atoms with E-state index in [0.29, 0.717) is 24.6 Å². The quantitative estimate of drug-likeness (QED) is 0.696. The maximum absolute atomic E-state index is 13.9. The van der Waals surface area contributed by atoms with E-state index in [9.17, 15) is 9.18 Å². The molecule has 3 heterocycles. The van der Waals surface area contributed by atoms with Crippen LogP contribution in [0.5, 0.6) is 5.75 Å². The normalized spacial score (nSPS) is 32.3. The number of benzene rings is 1. The van der Waals surface area contributed by atoms with Crippen LogP contribution in [-0.2, 0) is 10.2 Å². The first-order chi connectivity index (χ1) is 15.1. The molecule has 3 unspecified atom stereocenters. The van der Waals surface area contributed by atoms with Gasteiger partial charge in [-0.1, -0.05) is 0 Å². The fourth-order valence-corrected chi connectivity index (χ4v) is 6.75. The number of hydrogen-bond donors (Lipinski definition) is 0. The maximum Gasteiger partial charge on any atom is 0.410 e. The lowest BCUT2D eigenvalue weighted by Gasteiger charge is -2.41. The third-order valence-electron chi connectivity index (χ3n) is 8.85. The number of carbonyl (C=O) groups excluding carboxylic acids is 1. The fraction of sp³-hybridized carbons (Fsp3) is 0.720. The standard InChI is InChI=1S/C25H33FN2O3/c26-18-6-7-23-21(14-18)25(16-30-23)8-11-27(12-9-25)19-13-17-3-2-10-28(22(17)15-19)24(29)31-20-4-1-5-20/h6-7,14,17,19-20,22H,1-5,8-13,15-16H2. The summed E-state index contributed by atoms with van der Waals surface area (Å²) < 4.78 is 25.6. The summed E-state index contributed by atoms with van der Waals surface area (Å²) in [5.74, 6) is 1.30. The molecule has 2 aliphatic carbocycles. The van der Waals surface area contributed by atoms with Crippen molar-refractivity contribution in [2.24, 2.45) is 5.92 Å². The highest BCUT2D eigenvalue weighted by molar-refractivity contribution is 5.68. The second kappa shape index (κ2) is 7.65. The summed E-state index contributed by atoms with van der Waals surface area (Å²) in [5, 5.41) is 0. The molecule has 4 fully saturated rings. The highest BCUT2D eigenvalue weighted by atomic mass is 19.1. The molecule has 5 aliphatic rings. The number of piperidine rings is 2. The van der Waals surface area contributed by atoms with Crippen LogP contribution in [-0.4, -0.2) is 60.3 Å². The van der Waals surface area contributed by atoms with E-state index in [1.165, 1.54) is 25.3 Å². The summed E-state index contributed by atoms with van der Waals surface area (Å²) in [6.45, 7) is 3.57. The van der Waals surface area contributed by atoms with E-state index >= 15 is 0 Å². The molecule has 2 saturated carbocycles. The summed E-state index contributed by atoms with van der Waals surface area (Å²) in [4.78, 5) is 17.5. The maximum atomic E-state index is 13.9. The molecule has 5 nitrogen and oxygen atoms in total. The average molecular weight is 429 g/mol. The van der Waals surface area contributed by atoms with E-state index in [2.05, 4.69) is 9.80 Å². The van der Waals surface area contributed by atoms with Crippen molar-refractivity contribution in [1.29, 1.82) is 0 Å². The summed E-state index contributed by atoms with van der Waals surface area (Å²) in [6, 6.07) is 5.85. The van der Waals surface area contributed by atoms with Gasteiger partial charge < -0.3 is 19.3 Å². The van der Waals surface area contributed by atoms with E-state index in [0.717, 1.165) is 69.5 Å². The van der Waals surface area contributed by atoms with Crippen LogP contribution >= 0.6 is 0 Å². The van der Waals surface area contributed by atoms with Crippen molar-refractivity contribution in [2.75, 3.05) is 26.2 Å². The molecule has 0 aromatic heterocycles. The van der Waals surface area contributed by atoms with E-state index in [-0.39, 0.29) is 23.4 Å². The molecule has 31 heavy (non-hydrogen) atoms. The molecule has 1 amide bonds. The molecule has 168 valence electrons. The highest BCUT2D eigenvalue weighted by Gasteiger charge is 2.48. The largest absolute Gasteiger partial charge is 0.492 e. The van der Waals surface area contributed by atoms with Crippen molar-refractivity contribution >= 4 is 6.09 Å². The number of hydrogen-bond acceptors (Lipinski definition) is 4. The lowest BCUT2D eigenvalue weighted by Crippen LogP contribution is -2.49. The van der Waals surface area contributed by atoms with Crippen LogP contribution in [0.15, 0.2) is 18.2 Å². The van der Waals surface area contributed by atoms with Gasteiger partial charge >= 0.3 is 6.09 Å². The number of nitrogens with zero attached hydrogens (tertiary/aromatic N) is 2. The lowest BCUT2D eigenvalue weighted by atomic mass is 9.74. The molecule has 1 aromatic rings. The minimum absolute atomic E-state index is 0.0298. The van der Waals surface area contributed by atoms with Gasteiger partial charge in [0.2, 0.25) is 0 Å². The Labute approximate surface area is 183 Å². The Morgan fingerprint density at radius 3 is 2.71 bits per heavy atom. The number of fused-ring (bicyclic) bond motifs is 3. The van der Waals surface area contributed by atoms with Gasteiger partial charge in [-0.2, -0.15) is 0 Å². The second-order valence-electron chi connectivity index (χ2n) is 10.5. The zero-order chi connectivity index (χ0) is 21.0. The molecular weight excluding hydrogens is 395 g/mol. The van der Waals surface area contributed by atoms with E-state index in [1.54, 1.807) is 12.1 Å². The minimum Gasteiger partial charge on any atom is -0.492 e. The number of rotatable bonds is 2. The Bertz CT molecular complexity index is 849. The van der Waals surface area contributed by atoms with Gasteiger partial charge in [0.05, 0.1) is 6.61 Å². The van der Waals surface area contributed by atoms with Crippen LogP contribution in [0.1, 0.15) is 63.4 Å². The number of ether oxygens (including phenoxy) is 2. The van der Waals surface area contributed by atoms with Crippen molar-refractivity contribution < 1.29 is 18.7 Å². The van der Waals surface area contributed by atoms with Gasteiger partial charge in [0.15, 0.2) is 0 Å². The molecular formula is C25H33FN2O3. The number of amides is 1. The summed E-state index contributed by atoms with van der Waals surface area (Å²) >= 11 is 0. The van der Waals surface area contributed by atoms with Crippen LogP contribution in [0.3, 0.4) is 0 Å². The Morgan fingerprint density at radius 1 is 1.10 bits per heavy atom. The smallest absolute Gasteiger partial charge is 0.410 e. The van der Waals surface area contributed by atoms with Crippen molar-refractivity contribution in [1.82, 2.24) is 9.80 Å². The number of likely N-dealkylation sites (tertiary alicyclic amines) is 2. The van der Waals surface area contributed by atoms with Gasteiger partial charge in [-0.15, -0.1) is 0 Å². The van der Waals surface area contributed by atoms with E-state index < -0.39 is 0 Å². The van der Waals surface area contributed by atoms with E-state index in [4.69, 9.17) is 9.47 Å². The predicted octanol–water partition coefficient (Wildman–Crippen LogP) is 4.48. The van der Waals surface area contributed by atoms with Crippen LogP contribution in [0.25, 0.3) is 0 Å². The van der Waals surface area contributed by atoms with Crippen LogP contribution < -0.4 is 4.74 Å². The van der Waals surface area contributed by atoms with Gasteiger partial charge in [0.25, 0.3) is 0 Å². The highest BCUT2D eigenvalue weighted by Crippen LogP contribution is 2.47. The van der Waals surface area contributed by atoms with E-state index in [1.807, 2.05) is 0 Å². The van der Waals surface area contributed by atoms with Crippen molar-refractivity contribution in [3.63, 3.8) is 0 Å². The van der Waals surface area contributed by atoms with Gasteiger partial charge in [-0.3, -0.25) is 0 Å². The summed E-state index contributed by atoms with van der Waals surface area (Å²) in [5.41, 5.74) is 1.04. The predicted molar refractivity (Wildman–Crippen MR) is 115 cm³/mol. The number of carbonyl (C=O) groups is 1. The zero-order valence-electron chi connectivity index (χ0n) is 18.2. The van der Waals surface area contributed by atoms with Crippen molar-refractivity contribution in [2.45, 2.75) is 81.4 Å². The molecule has 1 aromatic carbocycles. The minimum atomic E-state index is -0.167.